The summed E-state index contributed by atoms with van der Waals surface area (Å²) in [5, 5.41) is 3.12. The zero-order chi connectivity index (χ0) is 7.11. The van der Waals surface area contributed by atoms with Crippen molar-refractivity contribution in [1.82, 2.24) is 5.32 Å². The molecule has 9 heavy (non-hydrogen) atoms. The van der Waals surface area contributed by atoms with Crippen molar-refractivity contribution >= 4 is 5.96 Å². The van der Waals surface area contributed by atoms with Gasteiger partial charge in [-0.15, -0.1) is 0 Å². The molecule has 0 aromatic carbocycles. The van der Waals surface area contributed by atoms with Gasteiger partial charge in [-0.1, -0.05) is 6.92 Å². The lowest BCUT2D eigenvalue weighted by molar-refractivity contribution is -0.456. The molecule has 0 saturated carbocycles. The number of nitrogens with one attached hydrogen (secondary N) is 2. The van der Waals surface area contributed by atoms with E-state index in [2.05, 4.69) is 17.2 Å². The normalized spacial score (nSPS) is 9.00. The molecule has 0 spiro atoms. The number of rotatable bonds is 4. The summed E-state index contributed by atoms with van der Waals surface area (Å²) in [6.45, 7) is 4.71. The van der Waals surface area contributed by atoms with Crippen LogP contribution in [-0.4, -0.2) is 25.6 Å². The van der Waals surface area contributed by atoms with Gasteiger partial charge < -0.3 is 5.32 Å². The molecule has 0 radical (unpaired) electrons. The van der Waals surface area contributed by atoms with Gasteiger partial charge in [-0.25, -0.2) is 0 Å². The fourth-order valence-electron chi connectivity index (χ4n) is 0.472. The molecule has 0 aliphatic heterocycles. The van der Waals surface area contributed by atoms with Gasteiger partial charge in [0, 0.05) is 6.54 Å². The molecule has 0 fully saturated rings. The standard InChI is InChI=1S/C5H14N4/c1-2-8-3-4-9-5(6)7/h8H,2-4H2,1H3,(H4,6,7,9)/p+1. The minimum Gasteiger partial charge on any atom is -0.314 e. The second-order valence-electron chi connectivity index (χ2n) is 1.74. The van der Waals surface area contributed by atoms with Crippen LogP contribution < -0.4 is 21.8 Å². The Bertz CT molecular complexity index is 85.0. The molecule has 0 aromatic rings. The van der Waals surface area contributed by atoms with Crippen LogP contribution >= 0.6 is 0 Å². The van der Waals surface area contributed by atoms with Gasteiger partial charge in [0.15, 0.2) is 0 Å². The molecule has 6 N–H and O–H groups in total. The number of guanidine groups is 1. The molecular weight excluding hydrogens is 116 g/mol. The molecule has 0 atom stereocenters. The highest BCUT2D eigenvalue weighted by Gasteiger charge is 1.84. The molecular formula is C5H15N4+. The molecule has 0 heterocycles. The highest BCUT2D eigenvalue weighted by molar-refractivity contribution is 5.69. The van der Waals surface area contributed by atoms with Crippen LogP contribution in [0.25, 0.3) is 0 Å². The van der Waals surface area contributed by atoms with E-state index in [9.17, 15) is 0 Å². The summed E-state index contributed by atoms with van der Waals surface area (Å²) >= 11 is 0. The van der Waals surface area contributed by atoms with Gasteiger partial charge in [0.1, 0.15) is 0 Å². The maximum atomic E-state index is 5.13. The first-order valence-corrected chi connectivity index (χ1v) is 3.10. The minimum atomic E-state index is 0.285. The van der Waals surface area contributed by atoms with Crippen LogP contribution in [-0.2, 0) is 0 Å². The Balaban J connectivity index is 3.00. The van der Waals surface area contributed by atoms with Crippen LogP contribution in [0, 0.1) is 0 Å². The predicted molar refractivity (Wildman–Crippen MR) is 37.8 cm³/mol. The van der Waals surface area contributed by atoms with Crippen molar-refractivity contribution in [2.75, 3.05) is 19.6 Å². The molecule has 0 unspecified atom stereocenters. The van der Waals surface area contributed by atoms with Crippen LogP contribution in [0.2, 0.25) is 0 Å². The third-order valence-corrected chi connectivity index (χ3v) is 0.881. The largest absolute Gasteiger partial charge is 0.338 e. The van der Waals surface area contributed by atoms with Crippen LogP contribution in [0.15, 0.2) is 0 Å². The van der Waals surface area contributed by atoms with Crippen molar-refractivity contribution in [1.29, 1.82) is 0 Å². The molecule has 54 valence electrons. The smallest absolute Gasteiger partial charge is 0.314 e. The zero-order valence-corrected chi connectivity index (χ0v) is 5.78. The van der Waals surface area contributed by atoms with E-state index in [0.717, 1.165) is 19.6 Å². The lowest BCUT2D eigenvalue weighted by Gasteiger charge is -1.93. The molecule has 4 heteroatoms. The van der Waals surface area contributed by atoms with Gasteiger partial charge in [0.2, 0.25) is 0 Å². The highest BCUT2D eigenvalue weighted by atomic mass is 15.0. The Morgan fingerprint density at radius 3 is 2.67 bits per heavy atom. The Morgan fingerprint density at radius 1 is 1.56 bits per heavy atom. The number of hydrogen-bond acceptors (Lipinski definition) is 1. The first-order chi connectivity index (χ1) is 4.27. The Kier molecular flexibility index (Phi) is 4.91. The van der Waals surface area contributed by atoms with Crippen LogP contribution in [0.5, 0.6) is 0 Å². The fourth-order valence-corrected chi connectivity index (χ4v) is 0.472. The monoisotopic (exact) mass is 131 g/mol. The Morgan fingerprint density at radius 2 is 2.22 bits per heavy atom. The van der Waals surface area contributed by atoms with Crippen molar-refractivity contribution in [2.45, 2.75) is 6.92 Å². The van der Waals surface area contributed by atoms with E-state index in [4.69, 9.17) is 11.5 Å². The van der Waals surface area contributed by atoms with Gasteiger partial charge in [-0.3, -0.25) is 16.5 Å². The highest BCUT2D eigenvalue weighted by Crippen LogP contribution is 1.47. The van der Waals surface area contributed by atoms with Gasteiger partial charge in [-0.2, -0.15) is 0 Å². The average molecular weight is 131 g/mol. The summed E-state index contributed by atoms with van der Waals surface area (Å²) < 4.78 is 0. The van der Waals surface area contributed by atoms with E-state index < -0.39 is 0 Å². The van der Waals surface area contributed by atoms with E-state index in [-0.39, 0.29) is 5.96 Å². The fraction of sp³-hybridized carbons (Fsp3) is 0.800. The zero-order valence-electron chi connectivity index (χ0n) is 5.78. The molecule has 4 nitrogen and oxygen atoms in total. The quantitative estimate of drug-likeness (QED) is 0.186. The molecule has 0 aromatic heterocycles. The van der Waals surface area contributed by atoms with E-state index in [1.54, 1.807) is 0 Å². The van der Waals surface area contributed by atoms with Crippen molar-refractivity contribution in [3.8, 4) is 0 Å². The summed E-state index contributed by atoms with van der Waals surface area (Å²) in [6, 6.07) is 0. The summed E-state index contributed by atoms with van der Waals surface area (Å²) in [4.78, 5) is 2.79. The maximum absolute atomic E-state index is 5.13. The summed E-state index contributed by atoms with van der Waals surface area (Å²) in [6.07, 6.45) is 0. The van der Waals surface area contributed by atoms with E-state index >= 15 is 0 Å². The maximum Gasteiger partial charge on any atom is 0.338 e. The first kappa shape index (κ1) is 8.23. The summed E-state index contributed by atoms with van der Waals surface area (Å²) in [5.41, 5.74) is 10.3. The van der Waals surface area contributed by atoms with Crippen LogP contribution in [0.1, 0.15) is 6.92 Å². The van der Waals surface area contributed by atoms with Gasteiger partial charge >= 0.3 is 5.96 Å². The molecule has 0 bridgehead atoms. The van der Waals surface area contributed by atoms with Gasteiger partial charge in [-0.05, 0) is 6.54 Å². The van der Waals surface area contributed by atoms with E-state index in [1.165, 1.54) is 0 Å². The number of hydrogen-bond donors (Lipinski definition) is 4. The molecule has 0 rings (SSSR count). The van der Waals surface area contributed by atoms with Crippen LogP contribution in [0.3, 0.4) is 0 Å². The van der Waals surface area contributed by atoms with Crippen molar-refractivity contribution < 1.29 is 4.99 Å². The summed E-state index contributed by atoms with van der Waals surface area (Å²) in [5.74, 6) is 0.285. The van der Waals surface area contributed by atoms with Gasteiger partial charge in [0.25, 0.3) is 0 Å². The third kappa shape index (κ3) is 7.23. The van der Waals surface area contributed by atoms with Crippen molar-refractivity contribution in [3.63, 3.8) is 0 Å². The molecule has 0 saturated heterocycles. The SMILES string of the molecule is CCNCC[NH+]=C(N)N. The Hall–Kier alpha value is -0.770. The second kappa shape index (κ2) is 5.37. The van der Waals surface area contributed by atoms with E-state index in [0.29, 0.717) is 0 Å². The molecule has 0 aliphatic carbocycles. The van der Waals surface area contributed by atoms with E-state index in [1.807, 2.05) is 0 Å². The van der Waals surface area contributed by atoms with Gasteiger partial charge in [0.05, 0.1) is 6.54 Å². The molecule has 0 amide bonds. The van der Waals surface area contributed by atoms with Crippen molar-refractivity contribution in [2.24, 2.45) is 11.5 Å². The minimum absolute atomic E-state index is 0.285. The molecule has 0 aliphatic rings. The lowest BCUT2D eigenvalue weighted by Crippen LogP contribution is -2.79. The van der Waals surface area contributed by atoms with Crippen molar-refractivity contribution in [3.05, 3.63) is 0 Å². The number of nitrogens with two attached hydrogens (primary N) is 2. The first-order valence-electron chi connectivity index (χ1n) is 3.10. The topological polar surface area (TPSA) is 78.0 Å². The third-order valence-electron chi connectivity index (χ3n) is 0.881. The second-order valence-corrected chi connectivity index (χ2v) is 1.74. The predicted octanol–water partition coefficient (Wildman–Crippen LogP) is -3.05. The average Bonchev–Trinajstić information content (AvgIpc) is 1.80. The summed E-state index contributed by atoms with van der Waals surface area (Å²) in [7, 11) is 0. The van der Waals surface area contributed by atoms with Crippen LogP contribution in [0.4, 0.5) is 0 Å². The Labute approximate surface area is 55.3 Å². The number of likely N-dealkylation sites (N-methyl/N-ethyl adjacent to an activating group) is 1. The lowest BCUT2D eigenvalue weighted by atomic mass is 10.6.